The van der Waals surface area contributed by atoms with Gasteiger partial charge in [-0.1, -0.05) is 52.8 Å². The van der Waals surface area contributed by atoms with Gasteiger partial charge in [0.1, 0.15) is 0 Å². The van der Waals surface area contributed by atoms with E-state index in [0.29, 0.717) is 36.8 Å². The maximum Gasteiger partial charge on any atom is 0.286 e. The van der Waals surface area contributed by atoms with Crippen LogP contribution in [0.4, 0.5) is 5.69 Å². The Labute approximate surface area is 206 Å². The fraction of sp³-hybridized carbons (Fsp3) is 0.292. The van der Waals surface area contributed by atoms with Crippen molar-refractivity contribution >= 4 is 46.3 Å². The molecular weight excluding hydrogens is 474 g/mol. The third-order valence-corrected chi connectivity index (χ3v) is 6.69. The molecular formula is C24H24ClN5O3S. The highest BCUT2D eigenvalue weighted by Gasteiger charge is 2.30. The number of benzene rings is 2. The molecule has 0 aliphatic carbocycles. The molecule has 1 aromatic heterocycles. The highest BCUT2D eigenvalue weighted by Crippen LogP contribution is 2.21. The zero-order valence-corrected chi connectivity index (χ0v) is 20.2. The molecule has 0 bridgehead atoms. The standard InChI is InChI=1S/C24H24ClN5O3S/c1-15-4-2-5-16(12-15)13-26-20(31)17-6-3-11-30(14-17)24(33)23-29-28-22(34-23)21(32)27-19-9-7-18(25)8-10-19/h2,4-5,7-10,12,17H,3,6,11,13-14H2,1H3,(H,26,31)(H,27,32)/t17-/m1/s1. The molecule has 10 heteroatoms. The van der Waals surface area contributed by atoms with E-state index in [9.17, 15) is 14.4 Å². The number of carbonyl (C=O) groups is 3. The molecule has 4 rings (SSSR count). The highest BCUT2D eigenvalue weighted by molar-refractivity contribution is 7.15. The first-order chi connectivity index (χ1) is 16.4. The lowest BCUT2D eigenvalue weighted by Crippen LogP contribution is -2.45. The molecule has 8 nitrogen and oxygen atoms in total. The molecule has 176 valence electrons. The number of hydrogen-bond donors (Lipinski definition) is 2. The van der Waals surface area contributed by atoms with Crippen LogP contribution < -0.4 is 10.6 Å². The van der Waals surface area contributed by atoms with Crippen molar-refractivity contribution in [1.82, 2.24) is 20.4 Å². The third-order valence-electron chi connectivity index (χ3n) is 5.53. The second kappa shape index (κ2) is 10.8. The van der Waals surface area contributed by atoms with Crippen LogP contribution in [0.3, 0.4) is 0 Å². The van der Waals surface area contributed by atoms with Crippen LogP contribution >= 0.6 is 22.9 Å². The Hall–Kier alpha value is -3.30. The van der Waals surface area contributed by atoms with Crippen molar-refractivity contribution in [2.45, 2.75) is 26.3 Å². The average molecular weight is 498 g/mol. The second-order valence-electron chi connectivity index (χ2n) is 8.17. The van der Waals surface area contributed by atoms with E-state index in [4.69, 9.17) is 11.6 Å². The minimum absolute atomic E-state index is 0.0701. The minimum Gasteiger partial charge on any atom is -0.352 e. The number of aryl methyl sites for hydroxylation is 1. The van der Waals surface area contributed by atoms with Crippen molar-refractivity contribution in [3.05, 3.63) is 74.7 Å². The summed E-state index contributed by atoms with van der Waals surface area (Å²) >= 11 is 6.79. The average Bonchev–Trinajstić information content (AvgIpc) is 3.34. The number of carbonyl (C=O) groups excluding carboxylic acids is 3. The monoisotopic (exact) mass is 497 g/mol. The zero-order chi connectivity index (χ0) is 24.1. The van der Waals surface area contributed by atoms with Gasteiger partial charge < -0.3 is 15.5 Å². The molecule has 3 amide bonds. The number of amides is 3. The molecule has 1 saturated heterocycles. The van der Waals surface area contributed by atoms with Gasteiger partial charge in [-0.25, -0.2) is 0 Å². The van der Waals surface area contributed by atoms with Gasteiger partial charge in [0.2, 0.25) is 15.9 Å². The van der Waals surface area contributed by atoms with Crippen LogP contribution in [0.1, 0.15) is 43.6 Å². The summed E-state index contributed by atoms with van der Waals surface area (Å²) in [6.45, 7) is 3.31. The molecule has 2 aromatic carbocycles. The lowest BCUT2D eigenvalue weighted by Gasteiger charge is -2.31. The Morgan fingerprint density at radius 1 is 1.12 bits per heavy atom. The van der Waals surface area contributed by atoms with Crippen molar-refractivity contribution < 1.29 is 14.4 Å². The molecule has 1 aliphatic rings. The Morgan fingerprint density at radius 3 is 2.65 bits per heavy atom. The number of rotatable bonds is 6. The number of piperidine rings is 1. The molecule has 2 N–H and O–H groups in total. The van der Waals surface area contributed by atoms with E-state index >= 15 is 0 Å². The number of nitrogens with one attached hydrogen (secondary N) is 2. The van der Waals surface area contributed by atoms with Gasteiger partial charge in [0.15, 0.2) is 0 Å². The first kappa shape index (κ1) is 23.8. The largest absolute Gasteiger partial charge is 0.352 e. The molecule has 0 radical (unpaired) electrons. The van der Waals surface area contributed by atoms with Gasteiger partial charge in [-0.05, 0) is 49.6 Å². The van der Waals surface area contributed by atoms with Gasteiger partial charge in [-0.3, -0.25) is 14.4 Å². The lowest BCUT2D eigenvalue weighted by molar-refractivity contribution is -0.126. The van der Waals surface area contributed by atoms with E-state index in [0.717, 1.165) is 28.9 Å². The summed E-state index contributed by atoms with van der Waals surface area (Å²) in [5.41, 5.74) is 2.74. The van der Waals surface area contributed by atoms with E-state index < -0.39 is 5.91 Å². The van der Waals surface area contributed by atoms with Crippen molar-refractivity contribution in [3.63, 3.8) is 0 Å². The Balaban J connectivity index is 1.33. The van der Waals surface area contributed by atoms with Gasteiger partial charge >= 0.3 is 0 Å². The fourth-order valence-electron chi connectivity index (χ4n) is 3.79. The van der Waals surface area contributed by atoms with Crippen LogP contribution in [0.2, 0.25) is 5.02 Å². The molecule has 2 heterocycles. The van der Waals surface area contributed by atoms with Crippen molar-refractivity contribution in [3.8, 4) is 0 Å². The van der Waals surface area contributed by atoms with Crippen LogP contribution in [-0.2, 0) is 11.3 Å². The summed E-state index contributed by atoms with van der Waals surface area (Å²) in [7, 11) is 0. The quantitative estimate of drug-likeness (QED) is 0.537. The SMILES string of the molecule is Cc1cccc(CNC(=O)[C@@H]2CCCN(C(=O)c3nnc(C(=O)Nc4ccc(Cl)cc4)s3)C2)c1. The van der Waals surface area contributed by atoms with Crippen molar-refractivity contribution in [2.75, 3.05) is 18.4 Å². The minimum atomic E-state index is -0.453. The lowest BCUT2D eigenvalue weighted by atomic mass is 9.97. The zero-order valence-electron chi connectivity index (χ0n) is 18.6. The van der Waals surface area contributed by atoms with E-state index in [1.54, 1.807) is 29.2 Å². The topological polar surface area (TPSA) is 104 Å². The van der Waals surface area contributed by atoms with E-state index in [2.05, 4.69) is 20.8 Å². The predicted octanol–water partition coefficient (Wildman–Crippen LogP) is 3.92. The number of anilines is 1. The van der Waals surface area contributed by atoms with Gasteiger partial charge in [0, 0.05) is 30.3 Å². The first-order valence-electron chi connectivity index (χ1n) is 10.9. The van der Waals surface area contributed by atoms with Gasteiger partial charge in [-0.2, -0.15) is 0 Å². The molecule has 1 fully saturated rings. The number of nitrogens with zero attached hydrogens (tertiary/aromatic N) is 3. The maximum absolute atomic E-state index is 13.0. The van der Waals surface area contributed by atoms with Gasteiger partial charge in [0.05, 0.1) is 5.92 Å². The molecule has 0 unspecified atom stereocenters. The molecule has 1 atom stereocenters. The van der Waals surface area contributed by atoms with Crippen LogP contribution in [0.5, 0.6) is 0 Å². The smallest absolute Gasteiger partial charge is 0.286 e. The van der Waals surface area contributed by atoms with Gasteiger partial charge in [0.25, 0.3) is 11.8 Å². The Morgan fingerprint density at radius 2 is 1.88 bits per heavy atom. The van der Waals surface area contributed by atoms with E-state index in [1.165, 1.54) is 0 Å². The molecule has 0 spiro atoms. The number of halogens is 1. The normalized spacial score (nSPS) is 15.6. The second-order valence-corrected chi connectivity index (χ2v) is 9.58. The summed E-state index contributed by atoms with van der Waals surface area (Å²) in [6, 6.07) is 14.6. The van der Waals surface area contributed by atoms with E-state index in [-0.39, 0.29) is 27.7 Å². The Kier molecular flexibility index (Phi) is 7.54. The summed E-state index contributed by atoms with van der Waals surface area (Å²) in [6.07, 6.45) is 1.44. The van der Waals surface area contributed by atoms with Crippen LogP contribution in [0, 0.1) is 12.8 Å². The first-order valence-corrected chi connectivity index (χ1v) is 12.1. The number of likely N-dealkylation sites (tertiary alicyclic amines) is 1. The van der Waals surface area contributed by atoms with Crippen LogP contribution in [-0.4, -0.2) is 45.9 Å². The molecule has 0 saturated carbocycles. The maximum atomic E-state index is 13.0. The summed E-state index contributed by atoms with van der Waals surface area (Å²) in [5, 5.41) is 14.2. The Bertz CT molecular complexity index is 1200. The highest BCUT2D eigenvalue weighted by atomic mass is 35.5. The van der Waals surface area contributed by atoms with Crippen molar-refractivity contribution in [2.24, 2.45) is 5.92 Å². The predicted molar refractivity (Wildman–Crippen MR) is 131 cm³/mol. The molecule has 34 heavy (non-hydrogen) atoms. The number of hydrogen-bond acceptors (Lipinski definition) is 6. The summed E-state index contributed by atoms with van der Waals surface area (Å²) in [4.78, 5) is 39.7. The van der Waals surface area contributed by atoms with Gasteiger partial charge in [-0.15, -0.1) is 10.2 Å². The molecule has 3 aromatic rings. The van der Waals surface area contributed by atoms with Crippen LogP contribution in [0.15, 0.2) is 48.5 Å². The van der Waals surface area contributed by atoms with Crippen molar-refractivity contribution in [1.29, 1.82) is 0 Å². The van der Waals surface area contributed by atoms with E-state index in [1.807, 2.05) is 31.2 Å². The summed E-state index contributed by atoms with van der Waals surface area (Å²) < 4.78 is 0. The molecule has 1 aliphatic heterocycles. The third kappa shape index (κ3) is 5.98. The number of aromatic nitrogens is 2. The fourth-order valence-corrected chi connectivity index (χ4v) is 4.62. The van der Waals surface area contributed by atoms with Crippen LogP contribution in [0.25, 0.3) is 0 Å². The summed E-state index contributed by atoms with van der Waals surface area (Å²) in [5.74, 6) is -1.13.